The molecular formula is C18H19NO5. The van der Waals surface area contributed by atoms with Crippen LogP contribution in [0.1, 0.15) is 26.3 Å². The zero-order valence-corrected chi connectivity index (χ0v) is 14.0. The maximum absolute atomic E-state index is 12.3. The SMILES string of the molecule is CNC(=O)c1cc(OC)c(OC)cc1OC(=O)c1ccc(C)cc1. The van der Waals surface area contributed by atoms with Gasteiger partial charge >= 0.3 is 5.97 Å². The fourth-order valence-corrected chi connectivity index (χ4v) is 2.11. The lowest BCUT2D eigenvalue weighted by Crippen LogP contribution is -2.20. The van der Waals surface area contributed by atoms with E-state index in [4.69, 9.17) is 14.2 Å². The number of amides is 1. The number of esters is 1. The maximum atomic E-state index is 12.3. The van der Waals surface area contributed by atoms with Gasteiger partial charge in [-0.15, -0.1) is 0 Å². The standard InChI is InChI=1S/C18H19NO5/c1-11-5-7-12(8-6-11)18(21)24-14-10-16(23-4)15(22-3)9-13(14)17(20)19-2/h5-10H,1-4H3,(H,19,20). The normalized spacial score (nSPS) is 10.0. The van der Waals surface area contributed by atoms with E-state index >= 15 is 0 Å². The van der Waals surface area contributed by atoms with E-state index in [2.05, 4.69) is 5.32 Å². The lowest BCUT2D eigenvalue weighted by Gasteiger charge is -2.14. The van der Waals surface area contributed by atoms with Crippen LogP contribution in [0, 0.1) is 6.92 Å². The summed E-state index contributed by atoms with van der Waals surface area (Å²) in [5.74, 6) is -0.143. The van der Waals surface area contributed by atoms with Crippen LogP contribution in [-0.4, -0.2) is 33.1 Å². The molecule has 2 rings (SSSR count). The summed E-state index contributed by atoms with van der Waals surface area (Å²) in [7, 11) is 4.41. The van der Waals surface area contributed by atoms with Gasteiger partial charge in [0.25, 0.3) is 5.91 Å². The summed E-state index contributed by atoms with van der Waals surface area (Å²) in [5, 5.41) is 2.50. The molecule has 6 nitrogen and oxygen atoms in total. The van der Waals surface area contributed by atoms with Gasteiger partial charge in [0.1, 0.15) is 5.75 Å². The minimum Gasteiger partial charge on any atom is -0.493 e. The van der Waals surface area contributed by atoms with Gasteiger partial charge in [-0.2, -0.15) is 0 Å². The molecule has 6 heteroatoms. The average Bonchev–Trinajstić information content (AvgIpc) is 2.61. The molecular weight excluding hydrogens is 310 g/mol. The molecule has 0 saturated carbocycles. The Morgan fingerprint density at radius 3 is 2.04 bits per heavy atom. The lowest BCUT2D eigenvalue weighted by molar-refractivity contribution is 0.0731. The number of hydrogen-bond donors (Lipinski definition) is 1. The van der Waals surface area contributed by atoms with Gasteiger partial charge in [-0.05, 0) is 19.1 Å². The van der Waals surface area contributed by atoms with Crippen LogP contribution in [0.25, 0.3) is 0 Å². The van der Waals surface area contributed by atoms with Gasteiger partial charge in [0.15, 0.2) is 11.5 Å². The van der Waals surface area contributed by atoms with Gasteiger partial charge in [0.05, 0.1) is 25.3 Å². The van der Waals surface area contributed by atoms with Gasteiger partial charge in [0.2, 0.25) is 0 Å². The van der Waals surface area contributed by atoms with Gasteiger partial charge in [-0.25, -0.2) is 4.79 Å². The van der Waals surface area contributed by atoms with Gasteiger partial charge in [-0.3, -0.25) is 4.79 Å². The Kier molecular flexibility index (Phi) is 5.42. The molecule has 1 amide bonds. The van der Waals surface area contributed by atoms with Gasteiger partial charge < -0.3 is 19.5 Å². The Hall–Kier alpha value is -3.02. The molecule has 0 aliphatic carbocycles. The van der Waals surface area contributed by atoms with Crippen LogP contribution in [0.4, 0.5) is 0 Å². The molecule has 0 bridgehead atoms. The van der Waals surface area contributed by atoms with Crippen molar-refractivity contribution < 1.29 is 23.8 Å². The third-order valence-electron chi connectivity index (χ3n) is 3.45. The van der Waals surface area contributed by atoms with Crippen molar-refractivity contribution in [1.29, 1.82) is 0 Å². The van der Waals surface area contributed by atoms with Gasteiger partial charge in [-0.1, -0.05) is 17.7 Å². The highest BCUT2D eigenvalue weighted by Crippen LogP contribution is 2.35. The monoisotopic (exact) mass is 329 g/mol. The molecule has 126 valence electrons. The number of rotatable bonds is 5. The third-order valence-corrected chi connectivity index (χ3v) is 3.45. The van der Waals surface area contributed by atoms with Crippen molar-refractivity contribution in [1.82, 2.24) is 5.32 Å². The van der Waals surface area contributed by atoms with E-state index in [1.165, 1.54) is 33.4 Å². The summed E-state index contributed by atoms with van der Waals surface area (Å²) in [6.07, 6.45) is 0. The average molecular weight is 329 g/mol. The second-order valence-electron chi connectivity index (χ2n) is 5.04. The van der Waals surface area contributed by atoms with E-state index in [0.717, 1.165) is 5.56 Å². The summed E-state index contributed by atoms with van der Waals surface area (Å²) in [6, 6.07) is 9.87. The highest BCUT2D eigenvalue weighted by molar-refractivity contribution is 5.99. The lowest BCUT2D eigenvalue weighted by atomic mass is 10.1. The van der Waals surface area contributed by atoms with Crippen molar-refractivity contribution >= 4 is 11.9 Å². The summed E-state index contributed by atoms with van der Waals surface area (Å²) < 4.78 is 15.8. The van der Waals surface area contributed by atoms with Crippen molar-refractivity contribution in [2.75, 3.05) is 21.3 Å². The second-order valence-corrected chi connectivity index (χ2v) is 5.04. The molecule has 2 aromatic carbocycles. The van der Waals surface area contributed by atoms with Crippen LogP contribution in [0.15, 0.2) is 36.4 Å². The molecule has 0 saturated heterocycles. The van der Waals surface area contributed by atoms with Crippen LogP contribution in [0.2, 0.25) is 0 Å². The predicted molar refractivity (Wildman–Crippen MR) is 89.1 cm³/mol. The molecule has 0 unspecified atom stereocenters. The first kappa shape index (κ1) is 17.3. The maximum Gasteiger partial charge on any atom is 0.343 e. The largest absolute Gasteiger partial charge is 0.493 e. The number of aryl methyl sites for hydroxylation is 1. The quantitative estimate of drug-likeness (QED) is 0.674. The number of hydrogen-bond acceptors (Lipinski definition) is 5. The molecule has 0 aromatic heterocycles. The molecule has 0 heterocycles. The number of ether oxygens (including phenoxy) is 3. The fraction of sp³-hybridized carbons (Fsp3) is 0.222. The number of benzene rings is 2. The van der Waals surface area contributed by atoms with E-state index < -0.39 is 11.9 Å². The zero-order valence-electron chi connectivity index (χ0n) is 14.0. The van der Waals surface area contributed by atoms with Crippen LogP contribution in [0.5, 0.6) is 17.2 Å². The minimum atomic E-state index is -0.563. The number of carbonyl (C=O) groups is 2. The molecule has 0 fully saturated rings. The molecule has 0 aliphatic rings. The number of carbonyl (C=O) groups excluding carboxylic acids is 2. The molecule has 0 aliphatic heterocycles. The first-order valence-corrected chi connectivity index (χ1v) is 7.27. The topological polar surface area (TPSA) is 73.9 Å². The van der Waals surface area contributed by atoms with Crippen LogP contribution in [-0.2, 0) is 0 Å². The predicted octanol–water partition coefficient (Wildman–Crippen LogP) is 2.59. The Bertz CT molecular complexity index is 753. The number of nitrogens with one attached hydrogen (secondary N) is 1. The van der Waals surface area contributed by atoms with Crippen molar-refractivity contribution in [3.05, 3.63) is 53.1 Å². The van der Waals surface area contributed by atoms with Crippen LogP contribution < -0.4 is 19.5 Å². The first-order chi connectivity index (χ1) is 11.5. The molecule has 2 aromatic rings. The Labute approximate surface area is 140 Å². The summed E-state index contributed by atoms with van der Waals surface area (Å²) in [5.41, 5.74) is 1.59. The Morgan fingerprint density at radius 1 is 0.917 bits per heavy atom. The van der Waals surface area contributed by atoms with E-state index in [9.17, 15) is 9.59 Å². The highest BCUT2D eigenvalue weighted by atomic mass is 16.5. The molecule has 1 N–H and O–H groups in total. The zero-order chi connectivity index (χ0) is 17.7. The molecule has 0 spiro atoms. The van der Waals surface area contributed by atoms with E-state index in [0.29, 0.717) is 17.1 Å². The second kappa shape index (κ2) is 7.50. The van der Waals surface area contributed by atoms with Crippen LogP contribution >= 0.6 is 0 Å². The Balaban J connectivity index is 2.41. The molecule has 0 radical (unpaired) electrons. The summed E-state index contributed by atoms with van der Waals surface area (Å²) >= 11 is 0. The minimum absolute atomic E-state index is 0.0950. The van der Waals surface area contributed by atoms with E-state index in [-0.39, 0.29) is 11.3 Å². The molecule has 24 heavy (non-hydrogen) atoms. The first-order valence-electron chi connectivity index (χ1n) is 7.27. The molecule has 0 atom stereocenters. The smallest absolute Gasteiger partial charge is 0.343 e. The van der Waals surface area contributed by atoms with E-state index in [1.807, 2.05) is 19.1 Å². The van der Waals surface area contributed by atoms with Crippen molar-refractivity contribution in [2.45, 2.75) is 6.92 Å². The highest BCUT2D eigenvalue weighted by Gasteiger charge is 2.20. The third kappa shape index (κ3) is 3.65. The van der Waals surface area contributed by atoms with Crippen molar-refractivity contribution in [3.8, 4) is 17.2 Å². The summed E-state index contributed by atoms with van der Waals surface area (Å²) in [4.78, 5) is 24.4. The number of methoxy groups -OCH3 is 2. The van der Waals surface area contributed by atoms with E-state index in [1.54, 1.807) is 12.1 Å². The van der Waals surface area contributed by atoms with Crippen LogP contribution in [0.3, 0.4) is 0 Å². The Morgan fingerprint density at radius 2 is 1.50 bits per heavy atom. The van der Waals surface area contributed by atoms with Gasteiger partial charge in [0, 0.05) is 19.2 Å². The summed E-state index contributed by atoms with van der Waals surface area (Å²) in [6.45, 7) is 1.92. The van der Waals surface area contributed by atoms with Crippen molar-refractivity contribution in [3.63, 3.8) is 0 Å². The fourth-order valence-electron chi connectivity index (χ4n) is 2.11. The van der Waals surface area contributed by atoms with Crippen molar-refractivity contribution in [2.24, 2.45) is 0 Å².